The molecule has 0 unspecified atom stereocenters. The number of anilines is 1. The SMILES string of the molecule is Cc1cccc(NC(=O)NCC(=O)N2CCN(CCO)CC2)c1. The van der Waals surface area contributed by atoms with E-state index in [1.54, 1.807) is 11.0 Å². The first-order valence-corrected chi connectivity index (χ1v) is 7.81. The third-order valence-electron chi connectivity index (χ3n) is 3.82. The number of β-amino-alcohol motifs (C(OH)–C–C–N with tert-alkyl or cyclic N) is 1. The molecule has 7 heteroatoms. The van der Waals surface area contributed by atoms with Gasteiger partial charge in [-0.3, -0.25) is 9.69 Å². The molecule has 0 radical (unpaired) electrons. The second kappa shape index (κ2) is 8.50. The van der Waals surface area contributed by atoms with Gasteiger partial charge in [-0.15, -0.1) is 0 Å². The highest BCUT2D eigenvalue weighted by Gasteiger charge is 2.20. The second-order valence-electron chi connectivity index (χ2n) is 5.62. The van der Waals surface area contributed by atoms with Gasteiger partial charge in [-0.25, -0.2) is 4.79 Å². The van der Waals surface area contributed by atoms with E-state index in [-0.39, 0.29) is 25.1 Å². The molecule has 1 aromatic carbocycles. The van der Waals surface area contributed by atoms with Gasteiger partial charge in [0.2, 0.25) is 5.91 Å². The monoisotopic (exact) mass is 320 g/mol. The Hall–Kier alpha value is -2.12. The topological polar surface area (TPSA) is 84.9 Å². The Labute approximate surface area is 136 Å². The number of carbonyl (C=O) groups excluding carboxylic acids is 2. The molecular formula is C16H24N4O3. The number of rotatable bonds is 5. The third kappa shape index (κ3) is 5.54. The van der Waals surface area contributed by atoms with E-state index in [1.165, 1.54) is 0 Å². The summed E-state index contributed by atoms with van der Waals surface area (Å²) in [5.74, 6) is -0.0898. The van der Waals surface area contributed by atoms with Crippen LogP contribution in [0.15, 0.2) is 24.3 Å². The maximum absolute atomic E-state index is 12.1. The zero-order valence-electron chi connectivity index (χ0n) is 13.4. The number of nitrogens with one attached hydrogen (secondary N) is 2. The smallest absolute Gasteiger partial charge is 0.319 e. The highest BCUT2D eigenvalue weighted by molar-refractivity contribution is 5.92. The lowest BCUT2D eigenvalue weighted by Crippen LogP contribution is -2.51. The first-order valence-electron chi connectivity index (χ1n) is 7.81. The van der Waals surface area contributed by atoms with Crippen LogP contribution in [0, 0.1) is 6.92 Å². The number of amides is 3. The molecule has 1 aliphatic rings. The van der Waals surface area contributed by atoms with E-state index in [2.05, 4.69) is 15.5 Å². The van der Waals surface area contributed by atoms with Crippen molar-refractivity contribution in [2.24, 2.45) is 0 Å². The Morgan fingerprint density at radius 2 is 1.96 bits per heavy atom. The van der Waals surface area contributed by atoms with Crippen molar-refractivity contribution >= 4 is 17.6 Å². The molecule has 0 aromatic heterocycles. The van der Waals surface area contributed by atoms with Gasteiger partial charge in [0.1, 0.15) is 0 Å². The minimum atomic E-state index is -0.386. The Balaban J connectivity index is 1.71. The number of piperazine rings is 1. The van der Waals surface area contributed by atoms with Crippen LogP contribution in [0.1, 0.15) is 5.56 Å². The fraction of sp³-hybridized carbons (Fsp3) is 0.500. The van der Waals surface area contributed by atoms with E-state index < -0.39 is 0 Å². The standard InChI is InChI=1S/C16H24N4O3/c1-13-3-2-4-14(11-13)18-16(23)17-12-15(22)20-7-5-19(6-8-20)9-10-21/h2-4,11,21H,5-10,12H2,1H3,(H2,17,18,23). The predicted octanol–water partition coefficient (Wildman–Crippen LogP) is 0.253. The summed E-state index contributed by atoms with van der Waals surface area (Å²) in [6, 6.07) is 7.09. The number of carbonyl (C=O) groups is 2. The van der Waals surface area contributed by atoms with Crippen LogP contribution in [0.5, 0.6) is 0 Å². The maximum atomic E-state index is 12.1. The summed E-state index contributed by atoms with van der Waals surface area (Å²) >= 11 is 0. The molecule has 126 valence electrons. The Morgan fingerprint density at radius 3 is 2.61 bits per heavy atom. The van der Waals surface area contributed by atoms with Crippen molar-refractivity contribution in [1.82, 2.24) is 15.1 Å². The zero-order valence-corrected chi connectivity index (χ0v) is 13.4. The van der Waals surface area contributed by atoms with Gasteiger partial charge in [-0.1, -0.05) is 12.1 Å². The van der Waals surface area contributed by atoms with E-state index >= 15 is 0 Å². The number of aliphatic hydroxyl groups is 1. The molecule has 0 saturated carbocycles. The normalized spacial score (nSPS) is 15.3. The van der Waals surface area contributed by atoms with Crippen molar-refractivity contribution in [3.63, 3.8) is 0 Å². The average Bonchev–Trinajstić information content (AvgIpc) is 2.54. The summed E-state index contributed by atoms with van der Waals surface area (Å²) in [7, 11) is 0. The molecule has 1 fully saturated rings. The van der Waals surface area contributed by atoms with Gasteiger partial charge in [-0.05, 0) is 24.6 Å². The van der Waals surface area contributed by atoms with E-state index in [0.29, 0.717) is 25.3 Å². The van der Waals surface area contributed by atoms with E-state index in [9.17, 15) is 9.59 Å². The highest BCUT2D eigenvalue weighted by atomic mass is 16.3. The molecule has 1 heterocycles. The fourth-order valence-corrected chi connectivity index (χ4v) is 2.53. The van der Waals surface area contributed by atoms with Crippen LogP contribution in [-0.4, -0.2) is 72.7 Å². The fourth-order valence-electron chi connectivity index (χ4n) is 2.53. The Bertz CT molecular complexity index is 542. The molecule has 1 saturated heterocycles. The van der Waals surface area contributed by atoms with Crippen molar-refractivity contribution in [2.75, 3.05) is 51.2 Å². The zero-order chi connectivity index (χ0) is 16.7. The summed E-state index contributed by atoms with van der Waals surface area (Å²) < 4.78 is 0. The average molecular weight is 320 g/mol. The van der Waals surface area contributed by atoms with Crippen molar-refractivity contribution in [3.8, 4) is 0 Å². The Morgan fingerprint density at radius 1 is 1.22 bits per heavy atom. The first kappa shape index (κ1) is 17.2. The Kier molecular flexibility index (Phi) is 6.37. The number of hydrogen-bond donors (Lipinski definition) is 3. The summed E-state index contributed by atoms with van der Waals surface area (Å²) in [6.07, 6.45) is 0. The minimum Gasteiger partial charge on any atom is -0.395 e. The molecule has 1 aliphatic heterocycles. The molecule has 0 spiro atoms. The second-order valence-corrected chi connectivity index (χ2v) is 5.62. The van der Waals surface area contributed by atoms with Gasteiger partial charge >= 0.3 is 6.03 Å². The van der Waals surface area contributed by atoms with Crippen LogP contribution in [0.25, 0.3) is 0 Å². The molecule has 0 bridgehead atoms. The molecule has 3 N–H and O–H groups in total. The van der Waals surface area contributed by atoms with Crippen LogP contribution in [0.3, 0.4) is 0 Å². The predicted molar refractivity (Wildman–Crippen MR) is 88.3 cm³/mol. The van der Waals surface area contributed by atoms with Gasteiger partial charge in [0, 0.05) is 38.4 Å². The largest absolute Gasteiger partial charge is 0.395 e. The molecule has 3 amide bonds. The maximum Gasteiger partial charge on any atom is 0.319 e. The van der Waals surface area contributed by atoms with Crippen LogP contribution >= 0.6 is 0 Å². The molecule has 2 rings (SSSR count). The summed E-state index contributed by atoms with van der Waals surface area (Å²) in [5, 5.41) is 14.2. The first-order chi connectivity index (χ1) is 11.1. The highest BCUT2D eigenvalue weighted by Crippen LogP contribution is 2.09. The third-order valence-corrected chi connectivity index (χ3v) is 3.82. The summed E-state index contributed by atoms with van der Waals surface area (Å²) in [5.41, 5.74) is 1.76. The van der Waals surface area contributed by atoms with Crippen LogP contribution in [0.2, 0.25) is 0 Å². The van der Waals surface area contributed by atoms with Gasteiger partial charge < -0.3 is 20.6 Å². The van der Waals surface area contributed by atoms with Crippen LogP contribution < -0.4 is 10.6 Å². The van der Waals surface area contributed by atoms with Gasteiger partial charge in [-0.2, -0.15) is 0 Å². The van der Waals surface area contributed by atoms with Crippen LogP contribution in [-0.2, 0) is 4.79 Å². The minimum absolute atomic E-state index is 0.0162. The molecule has 0 aliphatic carbocycles. The number of aryl methyl sites for hydroxylation is 1. The molecule has 7 nitrogen and oxygen atoms in total. The number of urea groups is 1. The van der Waals surface area contributed by atoms with Crippen molar-refractivity contribution < 1.29 is 14.7 Å². The van der Waals surface area contributed by atoms with Crippen molar-refractivity contribution in [1.29, 1.82) is 0 Å². The summed E-state index contributed by atoms with van der Waals surface area (Å²) in [4.78, 5) is 27.8. The van der Waals surface area contributed by atoms with Gasteiger partial charge in [0.25, 0.3) is 0 Å². The number of aliphatic hydroxyl groups excluding tert-OH is 1. The quantitative estimate of drug-likeness (QED) is 0.726. The van der Waals surface area contributed by atoms with E-state index in [4.69, 9.17) is 5.11 Å². The molecule has 23 heavy (non-hydrogen) atoms. The lowest BCUT2D eigenvalue weighted by molar-refractivity contribution is -0.131. The molecule has 0 atom stereocenters. The van der Waals surface area contributed by atoms with E-state index in [0.717, 1.165) is 18.7 Å². The van der Waals surface area contributed by atoms with Gasteiger partial charge in [0.05, 0.1) is 13.2 Å². The van der Waals surface area contributed by atoms with Gasteiger partial charge in [0.15, 0.2) is 0 Å². The van der Waals surface area contributed by atoms with Crippen LogP contribution in [0.4, 0.5) is 10.5 Å². The van der Waals surface area contributed by atoms with Crippen molar-refractivity contribution in [3.05, 3.63) is 29.8 Å². The summed E-state index contributed by atoms with van der Waals surface area (Å²) in [6.45, 7) is 5.46. The number of nitrogens with zero attached hydrogens (tertiary/aromatic N) is 2. The number of hydrogen-bond acceptors (Lipinski definition) is 4. The van der Waals surface area contributed by atoms with Crippen molar-refractivity contribution in [2.45, 2.75) is 6.92 Å². The number of benzene rings is 1. The lowest BCUT2D eigenvalue weighted by atomic mass is 10.2. The molecule has 1 aromatic rings. The lowest BCUT2D eigenvalue weighted by Gasteiger charge is -2.34. The molecular weight excluding hydrogens is 296 g/mol. The van der Waals surface area contributed by atoms with E-state index in [1.807, 2.05) is 25.1 Å².